The third-order valence-corrected chi connectivity index (χ3v) is 6.84. The van der Waals surface area contributed by atoms with Gasteiger partial charge in [0.15, 0.2) is 0 Å². The molecule has 180 valence electrons. The predicted octanol–water partition coefficient (Wildman–Crippen LogP) is 7.34. The van der Waals surface area contributed by atoms with Gasteiger partial charge in [0.25, 0.3) is 0 Å². The van der Waals surface area contributed by atoms with Crippen molar-refractivity contribution in [3.05, 3.63) is 94.7 Å². The van der Waals surface area contributed by atoms with Crippen LogP contribution in [0, 0.1) is 11.3 Å². The Kier molecular flexibility index (Phi) is 5.93. The molecule has 4 aromatic rings. The normalized spacial score (nSPS) is 13.9. The van der Waals surface area contributed by atoms with Gasteiger partial charge in [-0.1, -0.05) is 71.9 Å². The molecule has 1 atom stereocenters. The molecule has 0 aliphatic carbocycles. The number of phenolic OH excluding ortho intramolecular Hbond substituents is 1. The molecule has 4 heteroatoms. The standard InChI is InChI=1S/C31H34N2O2/c1-29(2,3)24-16-21(17-25(28(24)34)30(4,5)6)31(19-32,20-12-14-22(35-7)15-13-20)26-18-33-27-11-9-8-10-23(26)27/h8-18,33-34H,1-7H3. The lowest BCUT2D eigenvalue weighted by Crippen LogP contribution is -2.29. The lowest BCUT2D eigenvalue weighted by Gasteiger charge is -2.33. The molecule has 1 heterocycles. The van der Waals surface area contributed by atoms with Crippen LogP contribution in [0.15, 0.2) is 66.9 Å². The summed E-state index contributed by atoms with van der Waals surface area (Å²) in [6.07, 6.45) is 1.94. The van der Waals surface area contributed by atoms with Crippen LogP contribution in [0.4, 0.5) is 0 Å². The number of nitrogens with one attached hydrogen (secondary N) is 1. The number of H-pyrrole nitrogens is 1. The number of rotatable bonds is 4. The Hall–Kier alpha value is -3.71. The average molecular weight is 467 g/mol. The van der Waals surface area contributed by atoms with Crippen molar-refractivity contribution in [3.63, 3.8) is 0 Å². The van der Waals surface area contributed by atoms with Crippen LogP contribution in [0.25, 0.3) is 10.9 Å². The average Bonchev–Trinajstić information content (AvgIpc) is 3.24. The molecule has 0 aliphatic heterocycles. The lowest BCUT2D eigenvalue weighted by molar-refractivity contribution is 0.414. The highest BCUT2D eigenvalue weighted by Crippen LogP contribution is 2.47. The molecular formula is C31H34N2O2. The first kappa shape index (κ1) is 24.4. The van der Waals surface area contributed by atoms with E-state index in [2.05, 4.69) is 52.6 Å². The second kappa shape index (κ2) is 8.50. The second-order valence-corrected chi connectivity index (χ2v) is 11.3. The van der Waals surface area contributed by atoms with Gasteiger partial charge in [-0.05, 0) is 63.4 Å². The van der Waals surface area contributed by atoms with Crippen molar-refractivity contribution >= 4 is 10.9 Å². The number of fused-ring (bicyclic) bond motifs is 1. The van der Waals surface area contributed by atoms with Crippen molar-refractivity contribution in [2.45, 2.75) is 57.8 Å². The molecule has 0 aliphatic rings. The van der Waals surface area contributed by atoms with E-state index in [9.17, 15) is 10.4 Å². The summed E-state index contributed by atoms with van der Waals surface area (Å²) in [6.45, 7) is 12.5. The van der Waals surface area contributed by atoms with E-state index in [1.807, 2.05) is 66.9 Å². The number of benzene rings is 3. The highest BCUT2D eigenvalue weighted by atomic mass is 16.5. The number of hydrogen-bond donors (Lipinski definition) is 2. The summed E-state index contributed by atoms with van der Waals surface area (Å²) in [5, 5.41) is 23.4. The number of para-hydroxylation sites is 1. The van der Waals surface area contributed by atoms with Crippen LogP contribution in [0.5, 0.6) is 11.5 Å². The Balaban J connectivity index is 2.17. The van der Waals surface area contributed by atoms with Crippen LogP contribution in [-0.4, -0.2) is 17.2 Å². The first-order chi connectivity index (χ1) is 16.4. The maximum Gasteiger partial charge on any atom is 0.134 e. The number of nitriles is 1. The van der Waals surface area contributed by atoms with E-state index in [1.54, 1.807) is 7.11 Å². The van der Waals surface area contributed by atoms with Crippen LogP contribution >= 0.6 is 0 Å². The molecule has 0 saturated heterocycles. The molecule has 1 aromatic heterocycles. The van der Waals surface area contributed by atoms with Crippen molar-refractivity contribution < 1.29 is 9.84 Å². The SMILES string of the molecule is COc1ccc(C(C#N)(c2cc(C(C)(C)C)c(O)c(C(C)(C)C)c2)c2c[nH]c3ccccc23)cc1. The molecule has 0 spiro atoms. The third-order valence-electron chi connectivity index (χ3n) is 6.84. The fourth-order valence-electron chi connectivity index (χ4n) is 4.88. The van der Waals surface area contributed by atoms with Gasteiger partial charge < -0.3 is 14.8 Å². The number of aromatic amines is 1. The molecule has 3 aromatic carbocycles. The predicted molar refractivity (Wildman–Crippen MR) is 142 cm³/mol. The van der Waals surface area contributed by atoms with Crippen molar-refractivity contribution in [2.75, 3.05) is 7.11 Å². The Morgan fingerprint density at radius 3 is 1.89 bits per heavy atom. The zero-order valence-corrected chi connectivity index (χ0v) is 21.7. The molecule has 4 rings (SSSR count). The quantitative estimate of drug-likeness (QED) is 0.331. The van der Waals surface area contributed by atoms with E-state index in [0.717, 1.165) is 44.5 Å². The van der Waals surface area contributed by atoms with Gasteiger partial charge >= 0.3 is 0 Å². The molecule has 0 amide bonds. The van der Waals surface area contributed by atoms with Gasteiger partial charge in [-0.15, -0.1) is 0 Å². The number of methoxy groups -OCH3 is 1. The molecule has 0 radical (unpaired) electrons. The number of ether oxygens (including phenoxy) is 1. The number of hydrogen-bond acceptors (Lipinski definition) is 3. The van der Waals surface area contributed by atoms with Crippen LogP contribution in [0.1, 0.15) is 69.4 Å². The summed E-state index contributed by atoms with van der Waals surface area (Å²) >= 11 is 0. The topological polar surface area (TPSA) is 69.0 Å². The molecule has 1 unspecified atom stereocenters. The van der Waals surface area contributed by atoms with Crippen LogP contribution in [0.3, 0.4) is 0 Å². The minimum atomic E-state index is -1.11. The van der Waals surface area contributed by atoms with Gasteiger partial charge in [0.05, 0.1) is 13.2 Å². The first-order valence-electron chi connectivity index (χ1n) is 11.9. The Bertz CT molecular complexity index is 1370. The van der Waals surface area contributed by atoms with E-state index >= 15 is 0 Å². The zero-order chi connectivity index (χ0) is 25.6. The minimum Gasteiger partial charge on any atom is -0.507 e. The van der Waals surface area contributed by atoms with Gasteiger partial charge in [0, 0.05) is 22.7 Å². The van der Waals surface area contributed by atoms with Gasteiger partial charge in [0.1, 0.15) is 16.9 Å². The van der Waals surface area contributed by atoms with Gasteiger partial charge in [-0.3, -0.25) is 0 Å². The maximum absolute atomic E-state index is 11.4. The highest BCUT2D eigenvalue weighted by Gasteiger charge is 2.41. The number of phenols is 1. The Morgan fingerprint density at radius 1 is 0.800 bits per heavy atom. The number of nitrogens with zero attached hydrogens (tertiary/aromatic N) is 1. The highest BCUT2D eigenvalue weighted by molar-refractivity contribution is 5.87. The van der Waals surface area contributed by atoms with Crippen LogP contribution < -0.4 is 4.74 Å². The summed E-state index contributed by atoms with van der Waals surface area (Å²) in [6, 6.07) is 22.5. The summed E-state index contributed by atoms with van der Waals surface area (Å²) in [7, 11) is 1.64. The molecular weight excluding hydrogens is 432 g/mol. The Labute approximate surface area is 208 Å². The first-order valence-corrected chi connectivity index (χ1v) is 11.9. The molecule has 2 N–H and O–H groups in total. The number of aromatic nitrogens is 1. The fourth-order valence-corrected chi connectivity index (χ4v) is 4.88. The maximum atomic E-state index is 11.4. The largest absolute Gasteiger partial charge is 0.507 e. The second-order valence-electron chi connectivity index (χ2n) is 11.3. The van der Waals surface area contributed by atoms with Crippen molar-refractivity contribution in [1.29, 1.82) is 5.26 Å². The Morgan fingerprint density at radius 2 is 1.37 bits per heavy atom. The molecule has 35 heavy (non-hydrogen) atoms. The molecule has 4 nitrogen and oxygen atoms in total. The smallest absolute Gasteiger partial charge is 0.134 e. The minimum absolute atomic E-state index is 0.300. The van der Waals surface area contributed by atoms with E-state index in [0.29, 0.717) is 5.75 Å². The van der Waals surface area contributed by atoms with Crippen molar-refractivity contribution in [3.8, 4) is 17.6 Å². The van der Waals surface area contributed by atoms with Gasteiger partial charge in [0.2, 0.25) is 0 Å². The zero-order valence-electron chi connectivity index (χ0n) is 21.7. The fraction of sp³-hybridized carbons (Fsp3) is 0.323. The summed E-state index contributed by atoms with van der Waals surface area (Å²) in [5.74, 6) is 1.03. The van der Waals surface area contributed by atoms with Crippen LogP contribution in [-0.2, 0) is 16.2 Å². The van der Waals surface area contributed by atoms with E-state index in [1.165, 1.54) is 0 Å². The van der Waals surface area contributed by atoms with E-state index in [4.69, 9.17) is 4.74 Å². The van der Waals surface area contributed by atoms with Crippen molar-refractivity contribution in [2.24, 2.45) is 0 Å². The lowest BCUT2D eigenvalue weighted by atomic mass is 9.67. The van der Waals surface area contributed by atoms with Gasteiger partial charge in [-0.2, -0.15) is 5.26 Å². The number of aromatic hydroxyl groups is 1. The van der Waals surface area contributed by atoms with E-state index < -0.39 is 5.41 Å². The molecule has 0 saturated carbocycles. The summed E-state index contributed by atoms with van der Waals surface area (Å²) in [4.78, 5) is 3.37. The van der Waals surface area contributed by atoms with Crippen LogP contribution in [0.2, 0.25) is 0 Å². The monoisotopic (exact) mass is 466 g/mol. The van der Waals surface area contributed by atoms with Crippen molar-refractivity contribution in [1.82, 2.24) is 4.98 Å². The molecule has 0 fully saturated rings. The van der Waals surface area contributed by atoms with E-state index in [-0.39, 0.29) is 10.8 Å². The summed E-state index contributed by atoms with van der Waals surface area (Å²) in [5.41, 5.74) is 3.44. The molecule has 0 bridgehead atoms. The summed E-state index contributed by atoms with van der Waals surface area (Å²) < 4.78 is 5.40. The van der Waals surface area contributed by atoms with Gasteiger partial charge in [-0.25, -0.2) is 0 Å². The third kappa shape index (κ3) is 4.06.